The van der Waals surface area contributed by atoms with E-state index >= 15 is 0 Å². The van der Waals surface area contributed by atoms with Crippen molar-refractivity contribution in [1.82, 2.24) is 5.32 Å². The second-order valence-corrected chi connectivity index (χ2v) is 11.9. The highest BCUT2D eigenvalue weighted by atomic mass is 32.2. The van der Waals surface area contributed by atoms with E-state index in [0.29, 0.717) is 16.9 Å². The first kappa shape index (κ1) is 32.7. The second kappa shape index (κ2) is 15.6. The van der Waals surface area contributed by atoms with E-state index in [0.717, 1.165) is 21.7 Å². The number of nitrogens with one attached hydrogen (secondary N) is 3. The highest BCUT2D eigenvalue weighted by Crippen LogP contribution is 2.36. The van der Waals surface area contributed by atoms with Gasteiger partial charge in [0.05, 0.1) is 0 Å². The average Bonchev–Trinajstić information content (AvgIpc) is 3.09. The van der Waals surface area contributed by atoms with Crippen molar-refractivity contribution < 1.29 is 18.8 Å². The molecule has 9 heteroatoms. The Morgan fingerprint density at radius 2 is 1.28 bits per heavy atom. The molecule has 1 unspecified atom stereocenters. The van der Waals surface area contributed by atoms with E-state index < -0.39 is 17.1 Å². The predicted octanol–water partition coefficient (Wildman–Crippen LogP) is 7.77. The summed E-state index contributed by atoms with van der Waals surface area (Å²) in [5.41, 5.74) is 4.05. The van der Waals surface area contributed by atoms with Crippen molar-refractivity contribution in [2.45, 2.75) is 10.1 Å². The van der Waals surface area contributed by atoms with Crippen LogP contribution in [0.2, 0.25) is 0 Å². The molecule has 0 aromatic heterocycles. The number of amides is 3. The van der Waals surface area contributed by atoms with Crippen LogP contribution in [0.1, 0.15) is 26.7 Å². The monoisotopic (exact) mass is 644 g/mol. The molecule has 0 bridgehead atoms. The van der Waals surface area contributed by atoms with E-state index in [4.69, 9.17) is 0 Å². The number of rotatable bonds is 11. The summed E-state index contributed by atoms with van der Waals surface area (Å²) in [5, 5.41) is 7.91. The fourth-order valence-corrected chi connectivity index (χ4v) is 5.60. The Balaban J connectivity index is 1.33. The van der Waals surface area contributed by atoms with Crippen molar-refractivity contribution in [1.29, 1.82) is 0 Å². The van der Waals surface area contributed by atoms with Gasteiger partial charge in [0.1, 0.15) is 16.8 Å². The molecule has 0 fully saturated rings. The zero-order chi connectivity index (χ0) is 33.2. The quantitative estimate of drug-likeness (QED) is 0.101. The van der Waals surface area contributed by atoms with Crippen LogP contribution in [0.15, 0.2) is 144 Å². The van der Waals surface area contributed by atoms with Gasteiger partial charge in [-0.2, -0.15) is 0 Å². The molecular weight excluding hydrogens is 612 g/mol. The van der Waals surface area contributed by atoms with Crippen LogP contribution in [0, 0.1) is 5.82 Å². The van der Waals surface area contributed by atoms with Gasteiger partial charge in [-0.25, -0.2) is 4.39 Å². The third-order valence-corrected chi connectivity index (χ3v) is 8.33. The number of carbonyl (C=O) groups is 3. The molecule has 7 nitrogen and oxygen atoms in total. The minimum atomic E-state index is -0.594. The highest BCUT2D eigenvalue weighted by Gasteiger charge is 2.22. The Kier molecular flexibility index (Phi) is 10.8. The lowest BCUT2D eigenvalue weighted by molar-refractivity contribution is -0.116. The Bertz CT molecular complexity index is 1850. The van der Waals surface area contributed by atoms with Gasteiger partial charge >= 0.3 is 0 Å². The standard InChI is InChI=1S/C38H33FN4O3S/c1-43(2)32-21-13-26(14-22-32)25-34(42-36(44)28-11-7-4-8-12-28)37(45)40-31-19-23-33(24-20-31)47-35(27-9-5-3-6-10-27)38(46)41-30-17-15-29(39)16-18-30/h3-25,35H,1-2H3,(H,40,45)(H,41,46)(H,42,44)/b34-25-. The smallest absolute Gasteiger partial charge is 0.272 e. The number of halogens is 1. The molecule has 0 saturated carbocycles. The van der Waals surface area contributed by atoms with Gasteiger partial charge in [-0.05, 0) is 90.0 Å². The zero-order valence-corrected chi connectivity index (χ0v) is 26.6. The summed E-state index contributed by atoms with van der Waals surface area (Å²) in [6, 6.07) is 38.4. The van der Waals surface area contributed by atoms with Crippen LogP contribution in [0.3, 0.4) is 0 Å². The van der Waals surface area contributed by atoms with Crippen LogP contribution in [0.5, 0.6) is 0 Å². The fourth-order valence-electron chi connectivity index (χ4n) is 4.57. The van der Waals surface area contributed by atoms with Crippen LogP contribution < -0.4 is 20.9 Å². The summed E-state index contributed by atoms with van der Waals surface area (Å²) in [5.74, 6) is -1.54. The van der Waals surface area contributed by atoms with Crippen molar-refractivity contribution in [3.05, 3.63) is 162 Å². The molecule has 0 spiro atoms. The fraction of sp³-hybridized carbons (Fsp3) is 0.0789. The summed E-state index contributed by atoms with van der Waals surface area (Å²) in [6.45, 7) is 0. The number of nitrogens with zero attached hydrogens (tertiary/aromatic N) is 1. The molecule has 5 rings (SSSR count). The average molecular weight is 645 g/mol. The zero-order valence-electron chi connectivity index (χ0n) is 25.8. The first-order valence-corrected chi connectivity index (χ1v) is 15.7. The second-order valence-electron chi connectivity index (χ2n) is 10.7. The maximum absolute atomic E-state index is 13.5. The van der Waals surface area contributed by atoms with Crippen LogP contribution >= 0.6 is 11.8 Å². The van der Waals surface area contributed by atoms with E-state index in [1.54, 1.807) is 42.5 Å². The maximum Gasteiger partial charge on any atom is 0.272 e. The van der Waals surface area contributed by atoms with Gasteiger partial charge < -0.3 is 20.9 Å². The molecule has 0 radical (unpaired) electrons. The van der Waals surface area contributed by atoms with Gasteiger partial charge in [0.15, 0.2) is 0 Å². The number of benzene rings is 5. The minimum Gasteiger partial charge on any atom is -0.378 e. The molecular formula is C38H33FN4O3S. The topological polar surface area (TPSA) is 90.5 Å². The Morgan fingerprint density at radius 1 is 0.702 bits per heavy atom. The Hall–Kier alpha value is -5.67. The molecule has 0 aliphatic heterocycles. The highest BCUT2D eigenvalue weighted by molar-refractivity contribution is 8.00. The Morgan fingerprint density at radius 3 is 1.89 bits per heavy atom. The summed E-state index contributed by atoms with van der Waals surface area (Å²) >= 11 is 1.35. The van der Waals surface area contributed by atoms with E-state index in [1.807, 2.05) is 91.8 Å². The van der Waals surface area contributed by atoms with E-state index in [-0.39, 0.29) is 17.4 Å². The number of thioether (sulfide) groups is 1. The van der Waals surface area contributed by atoms with E-state index in [9.17, 15) is 18.8 Å². The van der Waals surface area contributed by atoms with Gasteiger partial charge in [-0.1, -0.05) is 60.7 Å². The molecule has 1 atom stereocenters. The number of anilines is 3. The molecule has 0 aliphatic carbocycles. The molecule has 47 heavy (non-hydrogen) atoms. The van der Waals surface area contributed by atoms with Crippen molar-refractivity contribution in [2.75, 3.05) is 29.6 Å². The molecule has 5 aromatic carbocycles. The van der Waals surface area contributed by atoms with E-state index in [1.165, 1.54) is 36.0 Å². The van der Waals surface area contributed by atoms with Crippen LogP contribution in [0.25, 0.3) is 6.08 Å². The molecule has 236 valence electrons. The van der Waals surface area contributed by atoms with E-state index in [2.05, 4.69) is 16.0 Å². The predicted molar refractivity (Wildman–Crippen MR) is 188 cm³/mol. The van der Waals surface area contributed by atoms with Crippen molar-refractivity contribution in [3.8, 4) is 0 Å². The molecule has 0 heterocycles. The molecule has 3 amide bonds. The summed E-state index contributed by atoms with van der Waals surface area (Å²) in [4.78, 5) is 42.6. The number of hydrogen-bond donors (Lipinski definition) is 3. The van der Waals surface area contributed by atoms with Crippen LogP contribution in [0.4, 0.5) is 21.5 Å². The molecule has 5 aromatic rings. The lowest BCUT2D eigenvalue weighted by Gasteiger charge is -2.17. The summed E-state index contributed by atoms with van der Waals surface area (Å²) in [6.07, 6.45) is 1.63. The van der Waals surface area contributed by atoms with Crippen molar-refractivity contribution in [2.24, 2.45) is 0 Å². The lowest BCUT2D eigenvalue weighted by Crippen LogP contribution is -2.30. The van der Waals surface area contributed by atoms with Crippen molar-refractivity contribution >= 4 is 52.6 Å². The Labute approximate surface area is 277 Å². The first-order chi connectivity index (χ1) is 22.7. The summed E-state index contributed by atoms with van der Waals surface area (Å²) in [7, 11) is 3.89. The van der Waals surface area contributed by atoms with Crippen molar-refractivity contribution in [3.63, 3.8) is 0 Å². The van der Waals surface area contributed by atoms with Gasteiger partial charge in [-0.15, -0.1) is 11.8 Å². The van der Waals surface area contributed by atoms with Crippen LogP contribution in [-0.2, 0) is 9.59 Å². The minimum absolute atomic E-state index is 0.0801. The lowest BCUT2D eigenvalue weighted by atomic mass is 10.1. The molecule has 3 N–H and O–H groups in total. The summed E-state index contributed by atoms with van der Waals surface area (Å²) < 4.78 is 13.4. The van der Waals surface area contributed by atoms with Gasteiger partial charge in [0, 0.05) is 41.6 Å². The van der Waals surface area contributed by atoms with Crippen LogP contribution in [-0.4, -0.2) is 31.8 Å². The first-order valence-electron chi connectivity index (χ1n) is 14.8. The number of hydrogen-bond acceptors (Lipinski definition) is 5. The largest absolute Gasteiger partial charge is 0.378 e. The molecule has 0 aliphatic rings. The molecule has 0 saturated heterocycles. The maximum atomic E-state index is 13.5. The normalized spacial score (nSPS) is 11.7. The van der Waals surface area contributed by atoms with Gasteiger partial charge in [-0.3, -0.25) is 14.4 Å². The van der Waals surface area contributed by atoms with Gasteiger partial charge in [0.2, 0.25) is 5.91 Å². The number of carbonyl (C=O) groups excluding carboxylic acids is 3. The van der Waals surface area contributed by atoms with Gasteiger partial charge in [0.25, 0.3) is 11.8 Å². The third kappa shape index (κ3) is 9.18. The third-order valence-electron chi connectivity index (χ3n) is 7.07. The SMILES string of the molecule is CN(C)c1ccc(/C=C(\NC(=O)c2ccccc2)C(=O)Nc2ccc(SC(C(=O)Nc3ccc(F)cc3)c3ccccc3)cc2)cc1.